The van der Waals surface area contributed by atoms with Gasteiger partial charge in [0.05, 0.1) is 5.52 Å². The maximum absolute atomic E-state index is 14.1. The predicted octanol–water partition coefficient (Wildman–Crippen LogP) is 4.31. The summed E-state index contributed by atoms with van der Waals surface area (Å²) >= 11 is 0. The number of benzene rings is 2. The van der Waals surface area contributed by atoms with Crippen LogP contribution < -0.4 is 0 Å². The Labute approximate surface area is 192 Å². The third-order valence-electron chi connectivity index (χ3n) is 6.47. The Bertz CT molecular complexity index is 1330. The van der Waals surface area contributed by atoms with Crippen LogP contribution in [-0.2, 0) is 0 Å². The number of carbonyl (C=O) groups is 1. The summed E-state index contributed by atoms with van der Waals surface area (Å²) in [5, 5.41) is 1.04. The number of aromatic nitrogens is 3. The first kappa shape index (κ1) is 21.3. The first-order chi connectivity index (χ1) is 15.9. The van der Waals surface area contributed by atoms with E-state index in [1.165, 1.54) is 6.07 Å². The minimum Gasteiger partial charge on any atom is -0.337 e. The van der Waals surface area contributed by atoms with Gasteiger partial charge in [0.1, 0.15) is 5.82 Å². The van der Waals surface area contributed by atoms with E-state index in [1.54, 1.807) is 30.6 Å². The van der Waals surface area contributed by atoms with Gasteiger partial charge in [0, 0.05) is 59.8 Å². The molecule has 1 aliphatic rings. The zero-order valence-corrected chi connectivity index (χ0v) is 19.0. The number of rotatable bonds is 4. The van der Waals surface area contributed by atoms with Gasteiger partial charge in [-0.05, 0) is 51.2 Å². The standard InChI is InChI=1S/C26H26FN5O/c1-17-15-32(26-28-13-19(14-29-26)22-6-4-5-7-23(22)27)24-12-18(8-9-21(17)24)25(33)31-11-10-20(16-31)30(2)3/h4-9,12-15,20H,10-11,16H2,1-3H3/t20-/m1/s1. The quantitative estimate of drug-likeness (QED) is 0.472. The number of hydrogen-bond acceptors (Lipinski definition) is 4. The molecule has 33 heavy (non-hydrogen) atoms. The number of aryl methyl sites for hydroxylation is 1. The highest BCUT2D eigenvalue weighted by molar-refractivity contribution is 5.99. The Balaban J connectivity index is 1.48. The van der Waals surface area contributed by atoms with Crippen LogP contribution in [0.5, 0.6) is 0 Å². The van der Waals surface area contributed by atoms with Crippen LogP contribution in [0.25, 0.3) is 28.0 Å². The Morgan fingerprint density at radius 1 is 1.12 bits per heavy atom. The summed E-state index contributed by atoms with van der Waals surface area (Å²) in [4.78, 5) is 26.3. The second-order valence-corrected chi connectivity index (χ2v) is 8.82. The highest BCUT2D eigenvalue weighted by Gasteiger charge is 2.28. The molecule has 1 aliphatic heterocycles. The molecule has 1 atom stereocenters. The molecule has 5 rings (SSSR count). The van der Waals surface area contributed by atoms with Gasteiger partial charge in [0.2, 0.25) is 5.95 Å². The number of likely N-dealkylation sites (tertiary alicyclic amines) is 1. The van der Waals surface area contributed by atoms with Crippen molar-refractivity contribution in [2.75, 3.05) is 27.2 Å². The number of amides is 1. The van der Waals surface area contributed by atoms with E-state index in [9.17, 15) is 9.18 Å². The van der Waals surface area contributed by atoms with E-state index in [4.69, 9.17) is 0 Å². The fraction of sp³-hybridized carbons (Fsp3) is 0.269. The van der Waals surface area contributed by atoms with Crippen LogP contribution in [0.4, 0.5) is 4.39 Å². The van der Waals surface area contributed by atoms with Crippen LogP contribution in [0.15, 0.2) is 61.1 Å². The van der Waals surface area contributed by atoms with E-state index in [0.29, 0.717) is 28.7 Å². The van der Waals surface area contributed by atoms with E-state index < -0.39 is 0 Å². The fourth-order valence-corrected chi connectivity index (χ4v) is 4.51. The summed E-state index contributed by atoms with van der Waals surface area (Å²) in [5.74, 6) is 0.215. The number of hydrogen-bond donors (Lipinski definition) is 0. The number of carbonyl (C=O) groups excluding carboxylic acids is 1. The van der Waals surface area contributed by atoms with Crippen molar-refractivity contribution in [2.45, 2.75) is 19.4 Å². The van der Waals surface area contributed by atoms with Crippen LogP contribution >= 0.6 is 0 Å². The molecular weight excluding hydrogens is 417 g/mol. The van der Waals surface area contributed by atoms with Crippen LogP contribution in [0.1, 0.15) is 22.3 Å². The molecule has 7 heteroatoms. The Hall–Kier alpha value is -3.58. The van der Waals surface area contributed by atoms with E-state index in [0.717, 1.165) is 36.0 Å². The van der Waals surface area contributed by atoms with Crippen molar-refractivity contribution in [3.63, 3.8) is 0 Å². The minimum atomic E-state index is -0.308. The molecule has 0 saturated carbocycles. The van der Waals surface area contributed by atoms with Gasteiger partial charge in [-0.3, -0.25) is 9.36 Å². The molecule has 0 spiro atoms. The smallest absolute Gasteiger partial charge is 0.253 e. The zero-order chi connectivity index (χ0) is 23.1. The number of fused-ring (bicyclic) bond motifs is 1. The van der Waals surface area contributed by atoms with Gasteiger partial charge >= 0.3 is 0 Å². The topological polar surface area (TPSA) is 54.3 Å². The van der Waals surface area contributed by atoms with Crippen molar-refractivity contribution in [2.24, 2.45) is 0 Å². The second kappa shape index (κ2) is 8.41. The molecule has 168 valence electrons. The minimum absolute atomic E-state index is 0.0440. The van der Waals surface area contributed by atoms with Crippen molar-refractivity contribution in [3.05, 3.63) is 78.0 Å². The van der Waals surface area contributed by atoms with Crippen LogP contribution in [0.3, 0.4) is 0 Å². The van der Waals surface area contributed by atoms with E-state index in [2.05, 4.69) is 29.0 Å². The molecule has 4 aromatic rings. The Kier molecular flexibility index (Phi) is 5.42. The Morgan fingerprint density at radius 3 is 2.58 bits per heavy atom. The molecule has 3 heterocycles. The van der Waals surface area contributed by atoms with E-state index >= 15 is 0 Å². The number of halogens is 1. The van der Waals surface area contributed by atoms with E-state index in [-0.39, 0.29) is 11.7 Å². The van der Waals surface area contributed by atoms with Crippen molar-refractivity contribution in [1.29, 1.82) is 0 Å². The summed E-state index contributed by atoms with van der Waals surface area (Å²) in [7, 11) is 4.11. The number of nitrogens with zero attached hydrogens (tertiary/aromatic N) is 5. The third kappa shape index (κ3) is 3.89. The maximum Gasteiger partial charge on any atom is 0.253 e. The number of likely N-dealkylation sites (N-methyl/N-ethyl adjacent to an activating group) is 1. The molecule has 0 N–H and O–H groups in total. The third-order valence-corrected chi connectivity index (χ3v) is 6.47. The fourth-order valence-electron chi connectivity index (χ4n) is 4.51. The molecule has 0 bridgehead atoms. The van der Waals surface area contributed by atoms with Crippen molar-refractivity contribution in [3.8, 4) is 17.1 Å². The van der Waals surface area contributed by atoms with Crippen molar-refractivity contribution >= 4 is 16.8 Å². The molecule has 2 aromatic carbocycles. The molecular formula is C26H26FN5O. The lowest BCUT2D eigenvalue weighted by atomic mass is 10.1. The first-order valence-electron chi connectivity index (χ1n) is 11.1. The van der Waals surface area contributed by atoms with Gasteiger partial charge in [-0.2, -0.15) is 0 Å². The Morgan fingerprint density at radius 2 is 1.88 bits per heavy atom. The molecule has 0 radical (unpaired) electrons. The van der Waals surface area contributed by atoms with Crippen LogP contribution in [0, 0.1) is 12.7 Å². The van der Waals surface area contributed by atoms with Gasteiger partial charge < -0.3 is 9.80 Å². The van der Waals surface area contributed by atoms with Gasteiger partial charge in [-0.25, -0.2) is 14.4 Å². The summed E-state index contributed by atoms with van der Waals surface area (Å²) in [6.45, 7) is 3.53. The molecule has 1 saturated heterocycles. The lowest BCUT2D eigenvalue weighted by molar-refractivity contribution is 0.0783. The van der Waals surface area contributed by atoms with Gasteiger partial charge in [-0.15, -0.1) is 0 Å². The molecule has 2 aromatic heterocycles. The molecule has 1 amide bonds. The monoisotopic (exact) mass is 443 g/mol. The molecule has 0 unspecified atom stereocenters. The maximum atomic E-state index is 14.1. The average Bonchev–Trinajstić information content (AvgIpc) is 3.44. The summed E-state index contributed by atoms with van der Waals surface area (Å²) in [6.07, 6.45) is 6.21. The normalized spacial score (nSPS) is 16.2. The molecule has 1 fully saturated rings. The van der Waals surface area contributed by atoms with Crippen molar-refractivity contribution in [1.82, 2.24) is 24.3 Å². The van der Waals surface area contributed by atoms with Crippen LogP contribution in [-0.4, -0.2) is 63.5 Å². The molecule has 6 nitrogen and oxygen atoms in total. The van der Waals surface area contributed by atoms with Gasteiger partial charge in [0.15, 0.2) is 0 Å². The van der Waals surface area contributed by atoms with Crippen LogP contribution in [0.2, 0.25) is 0 Å². The average molecular weight is 444 g/mol. The lowest BCUT2D eigenvalue weighted by Crippen LogP contribution is -2.34. The molecule has 0 aliphatic carbocycles. The summed E-state index contributed by atoms with van der Waals surface area (Å²) in [5.41, 5.74) is 3.68. The van der Waals surface area contributed by atoms with Crippen molar-refractivity contribution < 1.29 is 9.18 Å². The predicted molar refractivity (Wildman–Crippen MR) is 127 cm³/mol. The van der Waals surface area contributed by atoms with Gasteiger partial charge in [-0.1, -0.05) is 24.3 Å². The zero-order valence-electron chi connectivity index (χ0n) is 19.0. The highest BCUT2D eigenvalue weighted by Crippen LogP contribution is 2.27. The SMILES string of the molecule is Cc1cn(-c2ncc(-c3ccccc3F)cn2)c2cc(C(=O)N3CC[C@@H](N(C)C)C3)ccc12. The first-order valence-corrected chi connectivity index (χ1v) is 11.1. The second-order valence-electron chi connectivity index (χ2n) is 8.82. The summed E-state index contributed by atoms with van der Waals surface area (Å²) in [6, 6.07) is 12.8. The lowest BCUT2D eigenvalue weighted by Gasteiger charge is -2.20. The van der Waals surface area contributed by atoms with E-state index in [1.807, 2.05) is 40.8 Å². The highest BCUT2D eigenvalue weighted by atomic mass is 19.1. The summed E-state index contributed by atoms with van der Waals surface area (Å²) < 4.78 is 16.0. The largest absolute Gasteiger partial charge is 0.337 e. The van der Waals surface area contributed by atoms with Gasteiger partial charge in [0.25, 0.3) is 5.91 Å².